The third-order valence-electron chi connectivity index (χ3n) is 5.17. The van der Waals surface area contributed by atoms with E-state index in [2.05, 4.69) is 15.4 Å². The fourth-order valence-corrected chi connectivity index (χ4v) is 4.67. The first-order valence-corrected chi connectivity index (χ1v) is 11.1. The van der Waals surface area contributed by atoms with Crippen molar-refractivity contribution in [3.8, 4) is 0 Å². The molecule has 0 fully saturated rings. The Hall–Kier alpha value is -2.78. The minimum Gasteiger partial charge on any atom is -0.321 e. The highest BCUT2D eigenvalue weighted by atomic mass is 32.2. The number of fused-ring (bicyclic) bond motifs is 2. The number of nitrogens with zero attached hydrogens (tertiary/aromatic N) is 3. The number of primary sulfonamides is 1. The molecule has 0 radical (unpaired) electrons. The Bertz CT molecular complexity index is 1210. The summed E-state index contributed by atoms with van der Waals surface area (Å²) < 4.78 is 25.9. The van der Waals surface area contributed by atoms with Gasteiger partial charge in [0.2, 0.25) is 10.0 Å². The number of hydrogen-bond acceptors (Lipinski definition) is 5. The highest BCUT2D eigenvalue weighted by Gasteiger charge is 2.23. The van der Waals surface area contributed by atoms with Crippen molar-refractivity contribution in [2.24, 2.45) is 5.14 Å². The zero-order chi connectivity index (χ0) is 20.8. The van der Waals surface area contributed by atoms with Gasteiger partial charge < -0.3 is 5.32 Å². The SMILES string of the molecule is CC(C)n1ncc2cc(NC(=O)c3cc4c(c(S(N)(=O)=O)c3)CCCC4)cnc21. The molecular weight excluding hydrogens is 390 g/mol. The molecule has 0 aliphatic heterocycles. The molecule has 3 aromatic rings. The van der Waals surface area contributed by atoms with Gasteiger partial charge in [0.1, 0.15) is 0 Å². The average Bonchev–Trinajstić information content (AvgIpc) is 3.09. The number of rotatable bonds is 4. The predicted octanol–water partition coefficient (Wildman–Crippen LogP) is 2.79. The van der Waals surface area contributed by atoms with E-state index in [-0.39, 0.29) is 16.5 Å². The Morgan fingerprint density at radius 1 is 1.17 bits per heavy atom. The quantitative estimate of drug-likeness (QED) is 0.681. The van der Waals surface area contributed by atoms with Gasteiger partial charge >= 0.3 is 0 Å². The Labute approximate surface area is 169 Å². The van der Waals surface area contributed by atoms with Crippen LogP contribution in [0, 0.1) is 0 Å². The molecular formula is C20H23N5O3S. The summed E-state index contributed by atoms with van der Waals surface area (Å²) in [6.07, 6.45) is 6.54. The van der Waals surface area contributed by atoms with Crippen LogP contribution in [-0.4, -0.2) is 29.1 Å². The number of hydrogen-bond donors (Lipinski definition) is 2. The fourth-order valence-electron chi connectivity index (χ4n) is 3.80. The van der Waals surface area contributed by atoms with Gasteiger partial charge in [-0.3, -0.25) is 4.79 Å². The highest BCUT2D eigenvalue weighted by Crippen LogP contribution is 2.29. The van der Waals surface area contributed by atoms with E-state index in [4.69, 9.17) is 5.14 Å². The summed E-state index contributed by atoms with van der Waals surface area (Å²) in [6, 6.07) is 5.11. The number of nitrogens with two attached hydrogens (primary N) is 1. The van der Waals surface area contributed by atoms with Gasteiger partial charge in [-0.1, -0.05) is 0 Å². The number of benzene rings is 1. The number of carbonyl (C=O) groups is 1. The maximum atomic E-state index is 12.8. The summed E-state index contributed by atoms with van der Waals surface area (Å²) >= 11 is 0. The van der Waals surface area contributed by atoms with Gasteiger partial charge in [0.15, 0.2) is 5.65 Å². The third kappa shape index (κ3) is 3.75. The van der Waals surface area contributed by atoms with Crippen LogP contribution in [0.5, 0.6) is 0 Å². The van der Waals surface area contributed by atoms with Crippen LogP contribution >= 0.6 is 0 Å². The van der Waals surface area contributed by atoms with Crippen molar-refractivity contribution < 1.29 is 13.2 Å². The molecule has 2 aromatic heterocycles. The lowest BCUT2D eigenvalue weighted by atomic mass is 9.90. The summed E-state index contributed by atoms with van der Waals surface area (Å²) in [7, 11) is -3.91. The number of nitrogens with one attached hydrogen (secondary N) is 1. The van der Waals surface area contributed by atoms with E-state index in [1.54, 1.807) is 24.5 Å². The summed E-state index contributed by atoms with van der Waals surface area (Å²) in [5.74, 6) is -0.402. The molecule has 152 valence electrons. The van der Waals surface area contributed by atoms with Gasteiger partial charge in [0, 0.05) is 17.0 Å². The first kappa shape index (κ1) is 19.5. The Morgan fingerprint density at radius 3 is 2.66 bits per heavy atom. The van der Waals surface area contributed by atoms with E-state index in [0.717, 1.165) is 41.4 Å². The molecule has 0 unspecified atom stereocenters. The summed E-state index contributed by atoms with van der Waals surface area (Å²) in [4.78, 5) is 17.3. The first-order chi connectivity index (χ1) is 13.7. The number of aryl methyl sites for hydroxylation is 1. The lowest BCUT2D eigenvalue weighted by molar-refractivity contribution is 0.102. The molecule has 0 spiro atoms. The summed E-state index contributed by atoms with van der Waals surface area (Å²) in [5.41, 5.74) is 3.14. The molecule has 4 rings (SSSR count). The minimum atomic E-state index is -3.91. The molecule has 0 saturated heterocycles. The van der Waals surface area contributed by atoms with E-state index in [0.29, 0.717) is 12.1 Å². The van der Waals surface area contributed by atoms with E-state index in [1.165, 1.54) is 6.07 Å². The molecule has 0 atom stereocenters. The Morgan fingerprint density at radius 2 is 1.93 bits per heavy atom. The second-order valence-electron chi connectivity index (χ2n) is 7.64. The molecule has 1 aliphatic rings. The van der Waals surface area contributed by atoms with Crippen molar-refractivity contribution in [2.75, 3.05) is 5.32 Å². The lowest BCUT2D eigenvalue weighted by Crippen LogP contribution is -2.20. The highest BCUT2D eigenvalue weighted by molar-refractivity contribution is 7.89. The lowest BCUT2D eigenvalue weighted by Gasteiger charge is -2.20. The molecule has 2 heterocycles. The predicted molar refractivity (Wildman–Crippen MR) is 110 cm³/mol. The number of amides is 1. The van der Waals surface area contributed by atoms with Crippen molar-refractivity contribution in [3.63, 3.8) is 0 Å². The van der Waals surface area contributed by atoms with E-state index >= 15 is 0 Å². The number of pyridine rings is 1. The van der Waals surface area contributed by atoms with Crippen LogP contribution < -0.4 is 10.5 Å². The number of anilines is 1. The van der Waals surface area contributed by atoms with E-state index in [1.807, 2.05) is 18.5 Å². The fraction of sp³-hybridized carbons (Fsp3) is 0.350. The van der Waals surface area contributed by atoms with Crippen molar-refractivity contribution in [1.82, 2.24) is 14.8 Å². The summed E-state index contributed by atoms with van der Waals surface area (Å²) in [6.45, 7) is 4.03. The maximum absolute atomic E-state index is 12.8. The third-order valence-corrected chi connectivity index (χ3v) is 6.15. The van der Waals surface area contributed by atoms with Gasteiger partial charge in [0.25, 0.3) is 5.91 Å². The monoisotopic (exact) mass is 413 g/mol. The standard InChI is InChI=1S/C20H23N5O3S/c1-12(2)25-19-15(10-23-25)8-16(11-22-19)24-20(26)14-7-13-5-3-4-6-17(13)18(9-14)29(21,27)28/h7-12H,3-6H2,1-2H3,(H,24,26)(H2,21,27,28). The first-order valence-electron chi connectivity index (χ1n) is 9.57. The topological polar surface area (TPSA) is 120 Å². The summed E-state index contributed by atoms with van der Waals surface area (Å²) in [5, 5.41) is 13.3. The Balaban J connectivity index is 1.67. The zero-order valence-corrected chi connectivity index (χ0v) is 17.2. The molecule has 1 aromatic carbocycles. The van der Waals surface area contributed by atoms with Crippen LogP contribution in [0.25, 0.3) is 11.0 Å². The molecule has 1 aliphatic carbocycles. The molecule has 1 amide bonds. The second kappa shape index (κ2) is 7.23. The van der Waals surface area contributed by atoms with Gasteiger partial charge in [-0.05, 0) is 68.9 Å². The van der Waals surface area contributed by atoms with Gasteiger partial charge in [-0.15, -0.1) is 0 Å². The van der Waals surface area contributed by atoms with E-state index < -0.39 is 15.9 Å². The normalized spacial score (nSPS) is 14.2. The van der Waals surface area contributed by atoms with Crippen molar-refractivity contribution in [1.29, 1.82) is 0 Å². The van der Waals surface area contributed by atoms with Crippen molar-refractivity contribution >= 4 is 32.7 Å². The van der Waals surface area contributed by atoms with Crippen molar-refractivity contribution in [2.45, 2.75) is 50.5 Å². The maximum Gasteiger partial charge on any atom is 0.255 e. The molecule has 9 heteroatoms. The largest absolute Gasteiger partial charge is 0.321 e. The number of sulfonamides is 1. The zero-order valence-electron chi connectivity index (χ0n) is 16.3. The van der Waals surface area contributed by atoms with Crippen LogP contribution in [0.1, 0.15) is 54.2 Å². The van der Waals surface area contributed by atoms with Crippen LogP contribution in [0.2, 0.25) is 0 Å². The molecule has 0 bridgehead atoms. The van der Waals surface area contributed by atoms with Gasteiger partial charge in [0.05, 0.1) is 23.0 Å². The molecule has 3 N–H and O–H groups in total. The average molecular weight is 414 g/mol. The molecule has 0 saturated carbocycles. The van der Waals surface area contributed by atoms with Crippen molar-refractivity contribution in [3.05, 3.63) is 47.3 Å². The Kier molecular flexibility index (Phi) is 4.87. The molecule has 8 nitrogen and oxygen atoms in total. The van der Waals surface area contributed by atoms with Gasteiger partial charge in [-0.25, -0.2) is 23.2 Å². The van der Waals surface area contributed by atoms with Crippen LogP contribution in [0.15, 0.2) is 35.5 Å². The second-order valence-corrected chi connectivity index (χ2v) is 9.17. The van der Waals surface area contributed by atoms with E-state index in [9.17, 15) is 13.2 Å². The van der Waals surface area contributed by atoms with Gasteiger partial charge in [-0.2, -0.15) is 5.10 Å². The minimum absolute atomic E-state index is 0.0478. The number of carbonyl (C=O) groups excluding carboxylic acids is 1. The smallest absolute Gasteiger partial charge is 0.255 e. The van der Waals surface area contributed by atoms with Crippen LogP contribution in [0.3, 0.4) is 0 Å². The van der Waals surface area contributed by atoms with Crippen LogP contribution in [-0.2, 0) is 22.9 Å². The number of aromatic nitrogens is 3. The van der Waals surface area contributed by atoms with Crippen LogP contribution in [0.4, 0.5) is 5.69 Å². The molecule has 29 heavy (non-hydrogen) atoms.